The molecule has 1 atom stereocenters. The van der Waals surface area contributed by atoms with Gasteiger partial charge in [-0.3, -0.25) is 4.98 Å². The molecule has 1 aromatic heterocycles. The summed E-state index contributed by atoms with van der Waals surface area (Å²) in [5.41, 5.74) is -1.04. The van der Waals surface area contributed by atoms with Crippen molar-refractivity contribution in [2.24, 2.45) is 0 Å². The zero-order valence-electron chi connectivity index (χ0n) is 10.2. The lowest BCUT2D eigenvalue weighted by atomic mass is 10.0. The molecule has 0 aliphatic heterocycles. The molecular formula is C13H7ClF5NO. The normalized spacial score (nSPS) is 12.5. The number of aliphatic hydroxyl groups is 1. The first-order chi connectivity index (χ1) is 9.84. The van der Waals surface area contributed by atoms with Gasteiger partial charge >= 0.3 is 0 Å². The largest absolute Gasteiger partial charge is 0.388 e. The average molecular weight is 324 g/mol. The summed E-state index contributed by atoms with van der Waals surface area (Å²) in [7, 11) is 0. The van der Waals surface area contributed by atoms with E-state index in [0.29, 0.717) is 0 Å². The topological polar surface area (TPSA) is 33.1 Å². The summed E-state index contributed by atoms with van der Waals surface area (Å²) in [4.78, 5) is 3.67. The summed E-state index contributed by atoms with van der Waals surface area (Å²) < 4.78 is 66.1. The Balaban J connectivity index is 2.45. The molecule has 2 nitrogen and oxygen atoms in total. The van der Waals surface area contributed by atoms with Gasteiger partial charge in [-0.05, 0) is 11.6 Å². The Hall–Kier alpha value is -1.73. The van der Waals surface area contributed by atoms with E-state index >= 15 is 0 Å². The van der Waals surface area contributed by atoms with E-state index in [2.05, 4.69) is 4.98 Å². The molecule has 112 valence electrons. The fourth-order valence-corrected chi connectivity index (χ4v) is 1.99. The first-order valence-electron chi connectivity index (χ1n) is 5.62. The van der Waals surface area contributed by atoms with Crippen LogP contribution >= 0.6 is 11.6 Å². The van der Waals surface area contributed by atoms with Gasteiger partial charge in [0.25, 0.3) is 0 Å². The molecule has 0 aliphatic carbocycles. The van der Waals surface area contributed by atoms with E-state index in [9.17, 15) is 27.1 Å². The molecule has 1 unspecified atom stereocenters. The second kappa shape index (κ2) is 5.95. The Morgan fingerprint density at radius 3 is 2.05 bits per heavy atom. The van der Waals surface area contributed by atoms with Crippen molar-refractivity contribution in [3.8, 4) is 0 Å². The van der Waals surface area contributed by atoms with Gasteiger partial charge in [0, 0.05) is 18.8 Å². The zero-order chi connectivity index (χ0) is 15.7. The number of hydrogen-bond donors (Lipinski definition) is 1. The molecule has 0 saturated heterocycles. The second-order valence-corrected chi connectivity index (χ2v) is 4.58. The Bertz CT molecular complexity index is 665. The number of aliphatic hydroxyl groups excluding tert-OH is 1. The Morgan fingerprint density at radius 1 is 1.00 bits per heavy atom. The number of pyridine rings is 1. The molecule has 0 amide bonds. The second-order valence-electron chi connectivity index (χ2n) is 4.17. The van der Waals surface area contributed by atoms with Gasteiger partial charge in [-0.15, -0.1) is 0 Å². The molecule has 1 N–H and O–H groups in total. The zero-order valence-corrected chi connectivity index (χ0v) is 10.9. The first kappa shape index (κ1) is 15.7. The smallest absolute Gasteiger partial charge is 0.200 e. The molecule has 1 heterocycles. The van der Waals surface area contributed by atoms with Crippen LogP contribution in [-0.2, 0) is 6.42 Å². The van der Waals surface area contributed by atoms with E-state index < -0.39 is 47.2 Å². The monoisotopic (exact) mass is 323 g/mol. The molecule has 2 aromatic rings. The number of nitrogens with zero attached hydrogens (tertiary/aromatic N) is 1. The first-order valence-corrected chi connectivity index (χ1v) is 6.00. The van der Waals surface area contributed by atoms with Gasteiger partial charge in [0.15, 0.2) is 23.3 Å². The van der Waals surface area contributed by atoms with Crippen LogP contribution in [0.5, 0.6) is 0 Å². The lowest BCUT2D eigenvalue weighted by Gasteiger charge is -2.15. The summed E-state index contributed by atoms with van der Waals surface area (Å²) in [6, 6.07) is 1.36. The highest BCUT2D eigenvalue weighted by atomic mass is 35.5. The fourth-order valence-electron chi connectivity index (χ4n) is 1.79. The van der Waals surface area contributed by atoms with Gasteiger partial charge in [0.05, 0.1) is 16.7 Å². The molecular weight excluding hydrogens is 317 g/mol. The minimum absolute atomic E-state index is 0.0976. The summed E-state index contributed by atoms with van der Waals surface area (Å²) >= 11 is 5.75. The Kier molecular flexibility index (Phi) is 4.43. The molecule has 21 heavy (non-hydrogen) atoms. The fraction of sp³-hybridized carbons (Fsp3) is 0.154. The van der Waals surface area contributed by atoms with Crippen molar-refractivity contribution < 1.29 is 27.1 Å². The quantitative estimate of drug-likeness (QED) is 0.531. The molecule has 0 aliphatic rings. The number of halogens is 6. The van der Waals surface area contributed by atoms with Crippen LogP contribution < -0.4 is 0 Å². The van der Waals surface area contributed by atoms with Crippen LogP contribution in [0.4, 0.5) is 22.0 Å². The van der Waals surface area contributed by atoms with Gasteiger partial charge in [0.2, 0.25) is 5.82 Å². The van der Waals surface area contributed by atoms with E-state index in [0.717, 1.165) is 0 Å². The maximum atomic E-state index is 13.5. The van der Waals surface area contributed by atoms with Crippen molar-refractivity contribution in [2.75, 3.05) is 0 Å². The highest BCUT2D eigenvalue weighted by molar-refractivity contribution is 6.31. The Labute approximate surface area is 120 Å². The van der Waals surface area contributed by atoms with Gasteiger partial charge in [-0.1, -0.05) is 11.6 Å². The van der Waals surface area contributed by atoms with Crippen molar-refractivity contribution in [1.82, 2.24) is 4.98 Å². The van der Waals surface area contributed by atoms with Crippen LogP contribution in [0.1, 0.15) is 17.2 Å². The van der Waals surface area contributed by atoms with Crippen molar-refractivity contribution in [3.63, 3.8) is 0 Å². The highest BCUT2D eigenvalue weighted by Gasteiger charge is 2.29. The van der Waals surface area contributed by atoms with E-state index in [1.54, 1.807) is 0 Å². The van der Waals surface area contributed by atoms with Crippen LogP contribution in [0.2, 0.25) is 5.02 Å². The lowest BCUT2D eigenvalue weighted by molar-refractivity contribution is 0.163. The minimum Gasteiger partial charge on any atom is -0.388 e. The highest BCUT2D eigenvalue weighted by Crippen LogP contribution is 2.30. The van der Waals surface area contributed by atoms with Crippen molar-refractivity contribution >= 4 is 11.6 Å². The molecule has 0 fully saturated rings. The predicted octanol–water partition coefficient (Wildman–Crippen LogP) is 3.71. The third kappa shape index (κ3) is 2.84. The molecule has 0 radical (unpaired) electrons. The van der Waals surface area contributed by atoms with E-state index in [-0.39, 0.29) is 10.6 Å². The molecule has 8 heteroatoms. The third-order valence-corrected chi connectivity index (χ3v) is 3.19. The summed E-state index contributed by atoms with van der Waals surface area (Å²) in [6.45, 7) is 0. The van der Waals surface area contributed by atoms with Crippen LogP contribution in [0.25, 0.3) is 0 Å². The minimum atomic E-state index is -2.28. The molecule has 0 saturated carbocycles. The maximum absolute atomic E-state index is 13.5. The standard InChI is InChI=1S/C13H7ClF5NO/c14-6-4-20-2-1-5(6)3-7(21)8-9(15)11(17)13(19)12(18)10(8)16/h1-2,4,7,21H,3H2. The van der Waals surface area contributed by atoms with Gasteiger partial charge in [0.1, 0.15) is 0 Å². The summed E-state index contributed by atoms with van der Waals surface area (Å²) in [5, 5.41) is 9.88. The SMILES string of the molecule is OC(Cc1ccncc1Cl)c1c(F)c(F)c(F)c(F)c1F. The molecule has 0 spiro atoms. The van der Waals surface area contributed by atoms with Crippen molar-refractivity contribution in [2.45, 2.75) is 12.5 Å². The van der Waals surface area contributed by atoms with Crippen molar-refractivity contribution in [3.05, 3.63) is 63.7 Å². The van der Waals surface area contributed by atoms with E-state index in [1.807, 2.05) is 0 Å². The van der Waals surface area contributed by atoms with Crippen LogP contribution in [0.3, 0.4) is 0 Å². The predicted molar refractivity (Wildman–Crippen MR) is 64.1 cm³/mol. The van der Waals surface area contributed by atoms with Gasteiger partial charge in [-0.25, -0.2) is 22.0 Å². The van der Waals surface area contributed by atoms with Gasteiger partial charge < -0.3 is 5.11 Å². The summed E-state index contributed by atoms with van der Waals surface area (Å²) in [6.07, 6.45) is 0.156. The average Bonchev–Trinajstić information content (AvgIpc) is 2.46. The van der Waals surface area contributed by atoms with Crippen LogP contribution in [-0.4, -0.2) is 10.1 Å². The van der Waals surface area contributed by atoms with Crippen molar-refractivity contribution in [1.29, 1.82) is 0 Å². The van der Waals surface area contributed by atoms with E-state index in [4.69, 9.17) is 11.6 Å². The maximum Gasteiger partial charge on any atom is 0.200 e. The Morgan fingerprint density at radius 2 is 1.52 bits per heavy atom. The van der Waals surface area contributed by atoms with Crippen LogP contribution in [0.15, 0.2) is 18.5 Å². The third-order valence-electron chi connectivity index (χ3n) is 2.85. The number of hydrogen-bond acceptors (Lipinski definition) is 2. The number of benzene rings is 1. The van der Waals surface area contributed by atoms with E-state index in [1.165, 1.54) is 18.5 Å². The van der Waals surface area contributed by atoms with Crippen LogP contribution in [0, 0.1) is 29.1 Å². The number of aromatic nitrogens is 1. The lowest BCUT2D eigenvalue weighted by Crippen LogP contribution is -2.13. The van der Waals surface area contributed by atoms with Gasteiger partial charge in [-0.2, -0.15) is 0 Å². The summed E-state index contributed by atoms with van der Waals surface area (Å²) in [5.74, 6) is -10.6. The molecule has 1 aromatic carbocycles. The molecule has 0 bridgehead atoms. The number of rotatable bonds is 3. The molecule has 2 rings (SSSR count).